The summed E-state index contributed by atoms with van der Waals surface area (Å²) in [6, 6.07) is 8.54. The number of aromatic nitrogens is 2. The van der Waals surface area contributed by atoms with E-state index in [0.717, 1.165) is 36.1 Å². The van der Waals surface area contributed by atoms with Crippen LogP contribution in [0.5, 0.6) is 0 Å². The first-order valence-corrected chi connectivity index (χ1v) is 9.49. The average molecular weight is 405 g/mol. The molecule has 144 valence electrons. The zero-order chi connectivity index (χ0) is 20.8. The zero-order valence-corrected chi connectivity index (χ0v) is 16.8. The molecule has 3 rings (SSSR count). The van der Waals surface area contributed by atoms with Gasteiger partial charge < -0.3 is 0 Å². The van der Waals surface area contributed by atoms with Crippen LogP contribution in [0.3, 0.4) is 0 Å². The van der Waals surface area contributed by atoms with E-state index in [1.807, 2.05) is 5.16 Å². The second-order valence-corrected chi connectivity index (χ2v) is 6.42. The summed E-state index contributed by atoms with van der Waals surface area (Å²) >= 11 is 4.38. The fraction of sp³-hybridized carbons (Fsp3) is 0.174. The highest BCUT2D eigenvalue weighted by atomic mass is 32.1. The Morgan fingerprint density at radius 1 is 0.966 bits per heavy atom. The third-order valence-electron chi connectivity index (χ3n) is 4.41. The topological polar surface area (TPSA) is 38.1 Å². The fourth-order valence-electron chi connectivity index (χ4n) is 2.89. The lowest BCUT2D eigenvalue weighted by Gasteiger charge is -2.09. The van der Waals surface area contributed by atoms with Crippen LogP contribution in [0.1, 0.15) is 36.4 Å². The molecule has 0 aliphatic heterocycles. The Kier molecular flexibility index (Phi) is 6.56. The molecule has 0 amide bonds. The molecule has 0 aliphatic rings. The zero-order valence-electron chi connectivity index (χ0n) is 16.0. The number of aliphatic imine (C=N–C) groups is 1. The maximum atomic E-state index is 13.9. The predicted octanol–water partition coefficient (Wildman–Crippen LogP) is 5.68. The van der Waals surface area contributed by atoms with Gasteiger partial charge in [-0.15, -0.1) is 0 Å². The third kappa shape index (κ3) is 4.78. The Bertz CT molecular complexity index is 1130. The second kappa shape index (κ2) is 9.29. The van der Waals surface area contributed by atoms with Crippen molar-refractivity contribution in [1.29, 1.82) is 0 Å². The van der Waals surface area contributed by atoms with Gasteiger partial charge in [-0.2, -0.15) is 4.99 Å². The van der Waals surface area contributed by atoms with Gasteiger partial charge in [-0.25, -0.2) is 18.7 Å². The molecule has 3 nitrogen and oxygen atoms in total. The van der Waals surface area contributed by atoms with E-state index in [1.54, 1.807) is 12.4 Å². The van der Waals surface area contributed by atoms with Crippen LogP contribution in [0.2, 0.25) is 0 Å². The largest absolute Gasteiger partial charge is 0.229 e. The monoisotopic (exact) mass is 405 g/mol. The second-order valence-electron chi connectivity index (χ2n) is 6.24. The van der Waals surface area contributed by atoms with Crippen molar-refractivity contribution in [3.63, 3.8) is 0 Å². The molecule has 1 heterocycles. The molecular formula is C23H17F2N3S. The summed E-state index contributed by atoms with van der Waals surface area (Å²) in [5.41, 5.74) is 4.18. The SMILES string of the molecule is CCc1ccc(-c2cnc(C#Cc3cc(F)c(N=C=S)c(F)c3)nc2)c(CC)c1. The quantitative estimate of drug-likeness (QED) is 0.318. The molecule has 0 saturated heterocycles. The van der Waals surface area contributed by atoms with Gasteiger partial charge in [-0.1, -0.05) is 38.0 Å². The number of rotatable bonds is 4. The van der Waals surface area contributed by atoms with E-state index in [2.05, 4.69) is 71.1 Å². The predicted molar refractivity (Wildman–Crippen MR) is 113 cm³/mol. The van der Waals surface area contributed by atoms with E-state index in [-0.39, 0.29) is 11.4 Å². The number of thiocarbonyl (C=S) groups is 1. The van der Waals surface area contributed by atoms with Gasteiger partial charge in [0.2, 0.25) is 5.82 Å². The summed E-state index contributed by atoms with van der Waals surface area (Å²) in [6.07, 6.45) is 5.30. The van der Waals surface area contributed by atoms with Crippen molar-refractivity contribution in [2.45, 2.75) is 26.7 Å². The van der Waals surface area contributed by atoms with Crippen molar-refractivity contribution < 1.29 is 8.78 Å². The molecule has 29 heavy (non-hydrogen) atoms. The van der Waals surface area contributed by atoms with E-state index >= 15 is 0 Å². The van der Waals surface area contributed by atoms with Crippen molar-refractivity contribution in [1.82, 2.24) is 9.97 Å². The van der Waals surface area contributed by atoms with Gasteiger partial charge in [-0.05, 0) is 59.8 Å². The summed E-state index contributed by atoms with van der Waals surface area (Å²) in [6.45, 7) is 4.24. The Hall–Kier alpha value is -3.26. The number of nitrogens with zero attached hydrogens (tertiary/aromatic N) is 3. The number of hydrogen-bond donors (Lipinski definition) is 0. The summed E-state index contributed by atoms with van der Waals surface area (Å²) in [4.78, 5) is 11.9. The lowest BCUT2D eigenvalue weighted by molar-refractivity contribution is 0.587. The maximum absolute atomic E-state index is 13.9. The smallest absolute Gasteiger partial charge is 0.205 e. The van der Waals surface area contributed by atoms with Crippen LogP contribution in [0.15, 0.2) is 47.7 Å². The van der Waals surface area contributed by atoms with Gasteiger partial charge in [-0.3, -0.25) is 0 Å². The van der Waals surface area contributed by atoms with Crippen molar-refractivity contribution in [2.75, 3.05) is 0 Å². The molecule has 0 bridgehead atoms. The molecule has 2 aromatic carbocycles. The summed E-state index contributed by atoms with van der Waals surface area (Å²) < 4.78 is 27.7. The van der Waals surface area contributed by atoms with E-state index in [0.29, 0.717) is 0 Å². The van der Waals surface area contributed by atoms with Crippen molar-refractivity contribution in [3.8, 4) is 23.0 Å². The average Bonchev–Trinajstić information content (AvgIpc) is 2.74. The van der Waals surface area contributed by atoms with Crippen LogP contribution < -0.4 is 0 Å². The van der Waals surface area contributed by atoms with Crippen molar-refractivity contribution in [2.24, 2.45) is 4.99 Å². The molecule has 3 aromatic rings. The lowest BCUT2D eigenvalue weighted by Crippen LogP contribution is -1.94. The number of benzene rings is 2. The minimum Gasteiger partial charge on any atom is -0.229 e. The highest BCUT2D eigenvalue weighted by molar-refractivity contribution is 7.78. The van der Waals surface area contributed by atoms with Crippen LogP contribution in [-0.2, 0) is 12.8 Å². The maximum Gasteiger partial charge on any atom is 0.205 e. The minimum absolute atomic E-state index is 0.152. The van der Waals surface area contributed by atoms with Gasteiger partial charge in [0.15, 0.2) is 11.6 Å². The van der Waals surface area contributed by atoms with Crippen LogP contribution in [0.4, 0.5) is 14.5 Å². The highest BCUT2D eigenvalue weighted by Crippen LogP contribution is 2.25. The van der Waals surface area contributed by atoms with E-state index in [9.17, 15) is 8.78 Å². The Balaban J connectivity index is 1.87. The van der Waals surface area contributed by atoms with E-state index in [4.69, 9.17) is 0 Å². The molecular weight excluding hydrogens is 388 g/mol. The van der Waals surface area contributed by atoms with Gasteiger partial charge in [0.25, 0.3) is 0 Å². The molecule has 0 radical (unpaired) electrons. The minimum atomic E-state index is -0.856. The molecule has 0 spiro atoms. The van der Waals surface area contributed by atoms with Crippen molar-refractivity contribution in [3.05, 3.63) is 76.9 Å². The number of aryl methyl sites for hydroxylation is 2. The molecule has 1 aromatic heterocycles. The van der Waals surface area contributed by atoms with Gasteiger partial charge >= 0.3 is 0 Å². The van der Waals surface area contributed by atoms with E-state index in [1.165, 1.54) is 11.1 Å². The number of halogens is 2. The van der Waals surface area contributed by atoms with Crippen LogP contribution >= 0.6 is 12.2 Å². The lowest BCUT2D eigenvalue weighted by atomic mass is 9.97. The number of hydrogen-bond acceptors (Lipinski definition) is 4. The Morgan fingerprint density at radius 3 is 2.24 bits per heavy atom. The van der Waals surface area contributed by atoms with E-state index < -0.39 is 17.3 Å². The highest BCUT2D eigenvalue weighted by Gasteiger charge is 2.09. The molecule has 0 fully saturated rings. The molecule has 0 unspecified atom stereocenters. The van der Waals surface area contributed by atoms with Gasteiger partial charge in [0.05, 0.1) is 5.16 Å². The third-order valence-corrected chi connectivity index (χ3v) is 4.51. The van der Waals surface area contributed by atoms with Gasteiger partial charge in [0, 0.05) is 23.5 Å². The molecule has 0 aliphatic carbocycles. The first-order chi connectivity index (χ1) is 14.0. The number of isothiocyanates is 1. The Morgan fingerprint density at radius 2 is 1.66 bits per heavy atom. The summed E-state index contributed by atoms with van der Waals surface area (Å²) in [7, 11) is 0. The molecule has 6 heteroatoms. The first kappa shape index (κ1) is 20.5. The normalized spacial score (nSPS) is 10.1. The molecule has 0 N–H and O–H groups in total. The first-order valence-electron chi connectivity index (χ1n) is 9.08. The standard InChI is InChI=1S/C23H17F2N3S/c1-3-15-5-7-19(17(4-2)9-15)18-12-26-22(27-13-18)8-6-16-10-20(24)23(28-14-29)21(25)11-16/h5,7,9-13H,3-4H2,1-2H3. The van der Waals surface area contributed by atoms with Crippen LogP contribution in [0, 0.1) is 23.5 Å². The molecule has 0 atom stereocenters. The summed E-state index contributed by atoms with van der Waals surface area (Å²) in [5.74, 6) is 3.94. The van der Waals surface area contributed by atoms with Crippen LogP contribution in [0.25, 0.3) is 11.1 Å². The van der Waals surface area contributed by atoms with Crippen molar-refractivity contribution >= 4 is 23.1 Å². The fourth-order valence-corrected chi connectivity index (χ4v) is 2.98. The Labute approximate surface area is 173 Å². The summed E-state index contributed by atoms with van der Waals surface area (Å²) in [5, 5.41) is 1.95. The molecule has 0 saturated carbocycles. The van der Waals surface area contributed by atoms with Crippen LogP contribution in [-0.4, -0.2) is 15.1 Å². The van der Waals surface area contributed by atoms with Gasteiger partial charge in [0.1, 0.15) is 5.69 Å².